The van der Waals surface area contributed by atoms with Gasteiger partial charge in [-0.05, 0) is 42.2 Å². The molecule has 0 spiro atoms. The van der Waals surface area contributed by atoms with Crippen molar-refractivity contribution in [3.8, 4) is 0 Å². The van der Waals surface area contributed by atoms with Crippen molar-refractivity contribution in [2.75, 3.05) is 33.3 Å². The lowest BCUT2D eigenvalue weighted by atomic mass is 9.86. The summed E-state index contributed by atoms with van der Waals surface area (Å²) >= 11 is 0. The molecule has 2 heterocycles. The molecule has 0 unspecified atom stereocenters. The topological polar surface area (TPSA) is 18.5 Å². The summed E-state index contributed by atoms with van der Waals surface area (Å²) in [7, 11) is 2.38. The van der Waals surface area contributed by atoms with E-state index >= 15 is 0 Å². The molecular formula is C22H36NO2+. The van der Waals surface area contributed by atoms with Gasteiger partial charge >= 0.3 is 0 Å². The first kappa shape index (κ1) is 18.9. The van der Waals surface area contributed by atoms with Crippen LogP contribution in [0.5, 0.6) is 0 Å². The summed E-state index contributed by atoms with van der Waals surface area (Å²) in [4.78, 5) is 0. The fourth-order valence-corrected chi connectivity index (χ4v) is 4.16. The van der Waals surface area contributed by atoms with Crippen LogP contribution in [0, 0.1) is 0 Å². The van der Waals surface area contributed by atoms with E-state index in [9.17, 15) is 0 Å². The fraction of sp³-hybridized carbons (Fsp3) is 0.727. The molecule has 0 bridgehead atoms. The van der Waals surface area contributed by atoms with Crippen molar-refractivity contribution in [2.24, 2.45) is 0 Å². The highest BCUT2D eigenvalue weighted by atomic mass is 16.7. The number of piperidine rings is 1. The van der Waals surface area contributed by atoms with Gasteiger partial charge in [0.05, 0.1) is 26.7 Å². The van der Waals surface area contributed by atoms with E-state index in [2.05, 4.69) is 52.1 Å². The molecule has 3 nitrogen and oxygen atoms in total. The van der Waals surface area contributed by atoms with Crippen molar-refractivity contribution in [1.29, 1.82) is 0 Å². The van der Waals surface area contributed by atoms with Gasteiger partial charge in [0, 0.05) is 6.42 Å². The van der Waals surface area contributed by atoms with Crippen molar-refractivity contribution >= 4 is 0 Å². The van der Waals surface area contributed by atoms with Gasteiger partial charge in [0.25, 0.3) is 0 Å². The van der Waals surface area contributed by atoms with E-state index in [0.29, 0.717) is 0 Å². The molecular weight excluding hydrogens is 310 g/mol. The van der Waals surface area contributed by atoms with Gasteiger partial charge in [-0.2, -0.15) is 0 Å². The molecule has 0 radical (unpaired) electrons. The van der Waals surface area contributed by atoms with E-state index in [1.54, 1.807) is 0 Å². The number of hydrogen-bond acceptors (Lipinski definition) is 2. The molecule has 0 aromatic heterocycles. The van der Waals surface area contributed by atoms with Gasteiger partial charge < -0.3 is 14.0 Å². The first-order valence-corrected chi connectivity index (χ1v) is 10.0. The zero-order valence-corrected chi connectivity index (χ0v) is 16.6. The highest BCUT2D eigenvalue weighted by molar-refractivity contribution is 5.27. The molecule has 0 aliphatic carbocycles. The fourth-order valence-electron chi connectivity index (χ4n) is 4.16. The average Bonchev–Trinajstić information content (AvgIpc) is 3.00. The molecule has 2 aliphatic rings. The highest BCUT2D eigenvalue weighted by Crippen LogP contribution is 2.25. The van der Waals surface area contributed by atoms with Crippen LogP contribution in [0.4, 0.5) is 0 Å². The number of ether oxygens (including phenoxy) is 2. The molecule has 2 aliphatic heterocycles. The number of likely N-dealkylation sites (tertiary alicyclic amines) is 1. The number of aryl methyl sites for hydroxylation is 1. The Kier molecular flexibility index (Phi) is 5.87. The van der Waals surface area contributed by atoms with Crippen molar-refractivity contribution in [3.63, 3.8) is 0 Å². The molecule has 3 rings (SSSR count). The number of hydrogen-bond donors (Lipinski definition) is 0. The van der Waals surface area contributed by atoms with Crippen LogP contribution in [-0.4, -0.2) is 50.2 Å². The van der Waals surface area contributed by atoms with Crippen molar-refractivity contribution in [2.45, 2.75) is 70.7 Å². The number of likely N-dealkylation sites (N-methyl/N-ethyl adjacent to an activating group) is 1. The normalized spacial score (nSPS) is 26.7. The minimum Gasteiger partial charge on any atom is -0.350 e. The van der Waals surface area contributed by atoms with E-state index in [1.165, 1.54) is 43.5 Å². The molecule has 0 saturated carbocycles. The van der Waals surface area contributed by atoms with Crippen LogP contribution >= 0.6 is 0 Å². The molecule has 2 fully saturated rings. The zero-order chi connectivity index (χ0) is 17.9. The van der Waals surface area contributed by atoms with Crippen LogP contribution < -0.4 is 0 Å². The third kappa shape index (κ3) is 5.29. The minimum atomic E-state index is -0.0244. The maximum absolute atomic E-state index is 6.19. The Bertz CT molecular complexity index is 540. The largest absolute Gasteiger partial charge is 0.350 e. The molecule has 140 valence electrons. The summed E-state index contributed by atoms with van der Waals surface area (Å²) in [6, 6.07) is 9.03. The van der Waals surface area contributed by atoms with Crippen LogP contribution in [-0.2, 0) is 21.3 Å². The molecule has 25 heavy (non-hydrogen) atoms. The molecule has 0 N–H and O–H groups in total. The van der Waals surface area contributed by atoms with Gasteiger partial charge in [0.2, 0.25) is 0 Å². The molecule has 0 amide bonds. The number of nitrogens with zero attached hydrogens (tertiary/aromatic N) is 1. The quantitative estimate of drug-likeness (QED) is 0.741. The minimum absolute atomic E-state index is 0.0244. The van der Waals surface area contributed by atoms with E-state index in [4.69, 9.17) is 9.47 Å². The number of quaternary nitrogens is 1. The van der Waals surface area contributed by atoms with E-state index in [0.717, 1.165) is 30.5 Å². The first-order chi connectivity index (χ1) is 11.8. The average molecular weight is 347 g/mol. The lowest BCUT2D eigenvalue weighted by molar-refractivity contribution is -0.916. The van der Waals surface area contributed by atoms with Gasteiger partial charge in [-0.15, -0.1) is 0 Å². The molecule has 3 heteroatoms. The van der Waals surface area contributed by atoms with Crippen molar-refractivity contribution in [1.82, 2.24) is 0 Å². The SMILES string of the molecule is CC(C)(C)c1ccc(CC[C@H]2OC[C@@H](C[N+]3(C)CCCCC3)O2)cc1. The lowest BCUT2D eigenvalue weighted by Crippen LogP contribution is -2.52. The summed E-state index contributed by atoms with van der Waals surface area (Å²) < 4.78 is 13.3. The molecule has 1 aromatic carbocycles. The summed E-state index contributed by atoms with van der Waals surface area (Å²) in [5, 5.41) is 0. The first-order valence-electron chi connectivity index (χ1n) is 10.0. The smallest absolute Gasteiger partial charge is 0.158 e. The van der Waals surface area contributed by atoms with Crippen LogP contribution in [0.25, 0.3) is 0 Å². The molecule has 2 saturated heterocycles. The maximum Gasteiger partial charge on any atom is 0.158 e. The summed E-state index contributed by atoms with van der Waals surface area (Å²) in [5.41, 5.74) is 2.98. The monoisotopic (exact) mass is 346 g/mol. The second kappa shape index (κ2) is 7.77. The van der Waals surface area contributed by atoms with Crippen LogP contribution in [0.1, 0.15) is 57.6 Å². The Morgan fingerprint density at radius 2 is 1.72 bits per heavy atom. The number of benzene rings is 1. The Morgan fingerprint density at radius 1 is 1.04 bits per heavy atom. The maximum atomic E-state index is 6.19. The van der Waals surface area contributed by atoms with Crippen LogP contribution in [0.2, 0.25) is 0 Å². The second-order valence-electron chi connectivity index (χ2n) is 9.32. The Morgan fingerprint density at radius 3 is 2.36 bits per heavy atom. The third-order valence-electron chi connectivity index (χ3n) is 5.84. The Hall–Kier alpha value is -0.900. The Balaban J connectivity index is 1.44. The standard InChI is InChI=1S/C22H36NO2/c1-22(2,3)19-11-8-18(9-12-19)10-13-21-24-17-20(25-21)16-23(4)14-6-5-7-15-23/h8-9,11-12,20-21H,5-7,10,13-17H2,1-4H3/q+1/t20-,21+/m1/s1. The van der Waals surface area contributed by atoms with E-state index in [1.807, 2.05) is 0 Å². The highest BCUT2D eigenvalue weighted by Gasteiger charge is 2.34. The van der Waals surface area contributed by atoms with Crippen LogP contribution in [0.15, 0.2) is 24.3 Å². The molecule has 2 atom stereocenters. The summed E-state index contributed by atoms with van der Waals surface area (Å²) in [5.74, 6) is 0. The predicted molar refractivity (Wildman–Crippen MR) is 103 cm³/mol. The van der Waals surface area contributed by atoms with Crippen molar-refractivity contribution < 1.29 is 14.0 Å². The number of rotatable bonds is 5. The summed E-state index contributed by atoms with van der Waals surface area (Å²) in [6.07, 6.45) is 6.34. The third-order valence-corrected chi connectivity index (χ3v) is 5.84. The van der Waals surface area contributed by atoms with Gasteiger partial charge in [-0.25, -0.2) is 0 Å². The summed E-state index contributed by atoms with van der Waals surface area (Å²) in [6.45, 7) is 11.2. The predicted octanol–water partition coefficient (Wildman–Crippen LogP) is 4.29. The lowest BCUT2D eigenvalue weighted by Gasteiger charge is -2.39. The van der Waals surface area contributed by atoms with Crippen molar-refractivity contribution in [3.05, 3.63) is 35.4 Å². The Labute approximate surface area is 153 Å². The van der Waals surface area contributed by atoms with E-state index < -0.39 is 0 Å². The molecule has 1 aromatic rings. The van der Waals surface area contributed by atoms with Gasteiger partial charge in [0.1, 0.15) is 12.6 Å². The van der Waals surface area contributed by atoms with Gasteiger partial charge in [0.15, 0.2) is 6.29 Å². The van der Waals surface area contributed by atoms with E-state index in [-0.39, 0.29) is 17.8 Å². The van der Waals surface area contributed by atoms with Gasteiger partial charge in [-0.1, -0.05) is 45.0 Å². The van der Waals surface area contributed by atoms with Crippen LogP contribution in [0.3, 0.4) is 0 Å². The second-order valence-corrected chi connectivity index (χ2v) is 9.32. The van der Waals surface area contributed by atoms with Gasteiger partial charge in [-0.3, -0.25) is 0 Å². The zero-order valence-electron chi connectivity index (χ0n) is 16.6.